The zero-order valence-corrected chi connectivity index (χ0v) is 13.5. The van der Waals surface area contributed by atoms with E-state index < -0.39 is 17.3 Å². The third-order valence-corrected chi connectivity index (χ3v) is 3.96. The topological polar surface area (TPSA) is 48.1 Å². The third kappa shape index (κ3) is 5.12. The molecule has 7 heteroatoms. The average molecular weight is 346 g/mol. The van der Waals surface area contributed by atoms with Crippen LogP contribution in [0.15, 0.2) is 24.3 Å². The van der Waals surface area contributed by atoms with Gasteiger partial charge in [-0.25, -0.2) is 4.79 Å². The molecule has 134 valence electrons. The van der Waals surface area contributed by atoms with Gasteiger partial charge in [-0.05, 0) is 37.5 Å². The van der Waals surface area contributed by atoms with E-state index in [4.69, 9.17) is 14.2 Å². The van der Waals surface area contributed by atoms with E-state index in [1.165, 1.54) is 19.2 Å². The number of esters is 1. The number of alkyl halides is 3. The molecule has 4 nitrogen and oxygen atoms in total. The van der Waals surface area contributed by atoms with E-state index in [0.717, 1.165) is 37.8 Å². The van der Waals surface area contributed by atoms with Crippen molar-refractivity contribution >= 4 is 5.97 Å². The van der Waals surface area contributed by atoms with E-state index in [9.17, 15) is 18.0 Å². The molecule has 0 spiro atoms. The Labute approximate surface area is 138 Å². The van der Waals surface area contributed by atoms with Crippen LogP contribution >= 0.6 is 0 Å². The second-order valence-electron chi connectivity index (χ2n) is 5.81. The average Bonchev–Trinajstić information content (AvgIpc) is 3.34. The first-order valence-electron chi connectivity index (χ1n) is 7.90. The van der Waals surface area contributed by atoms with Crippen molar-refractivity contribution in [3.05, 3.63) is 29.8 Å². The number of unbranched alkanes of at least 4 members (excludes halogenated alkanes) is 3. The lowest BCUT2D eigenvalue weighted by Gasteiger charge is -2.11. The summed E-state index contributed by atoms with van der Waals surface area (Å²) in [6.45, 7) is 0.776. The van der Waals surface area contributed by atoms with Crippen LogP contribution in [0.1, 0.15) is 37.7 Å². The van der Waals surface area contributed by atoms with Gasteiger partial charge in [0.2, 0.25) is 0 Å². The summed E-state index contributed by atoms with van der Waals surface area (Å²) in [7, 11) is 1.34. The predicted molar refractivity (Wildman–Crippen MR) is 80.7 cm³/mol. The van der Waals surface area contributed by atoms with Crippen LogP contribution in [0.2, 0.25) is 0 Å². The number of benzene rings is 1. The Balaban J connectivity index is 1.60. The number of carbonyl (C=O) groups is 1. The lowest BCUT2D eigenvalue weighted by molar-refractivity contribution is -0.147. The SMILES string of the molecule is COC(=O)C1(CCCCCCOc2cccc(C(F)(F)F)c2)CO1. The maximum Gasteiger partial charge on any atom is 0.416 e. The van der Waals surface area contributed by atoms with E-state index >= 15 is 0 Å². The maximum atomic E-state index is 12.6. The van der Waals surface area contributed by atoms with Gasteiger partial charge in [0, 0.05) is 0 Å². The van der Waals surface area contributed by atoms with Crippen molar-refractivity contribution in [2.24, 2.45) is 0 Å². The van der Waals surface area contributed by atoms with Gasteiger partial charge in [0.05, 0.1) is 25.9 Å². The standard InChI is InChI=1S/C17H21F3O4/c1-22-15(21)16(12-24-16)9-4-2-3-5-10-23-14-8-6-7-13(11-14)17(18,19)20/h6-8,11H,2-5,9-10,12H2,1H3. The van der Waals surface area contributed by atoms with E-state index in [1.54, 1.807) is 0 Å². The molecule has 2 rings (SSSR count). The monoisotopic (exact) mass is 346 g/mol. The molecule has 1 saturated heterocycles. The van der Waals surface area contributed by atoms with Crippen LogP contribution in [0.5, 0.6) is 5.75 Å². The number of hydrogen-bond acceptors (Lipinski definition) is 4. The van der Waals surface area contributed by atoms with Crippen LogP contribution in [-0.2, 0) is 20.4 Å². The molecule has 24 heavy (non-hydrogen) atoms. The van der Waals surface area contributed by atoms with Crippen molar-refractivity contribution in [3.8, 4) is 5.75 Å². The predicted octanol–water partition coefficient (Wildman–Crippen LogP) is 3.98. The van der Waals surface area contributed by atoms with Crippen LogP contribution in [0, 0.1) is 0 Å². The van der Waals surface area contributed by atoms with Crippen LogP contribution in [0.4, 0.5) is 13.2 Å². The molecule has 1 heterocycles. The number of ether oxygens (including phenoxy) is 3. The molecule has 1 fully saturated rings. The summed E-state index contributed by atoms with van der Waals surface area (Å²) < 4.78 is 53.0. The Morgan fingerprint density at radius 1 is 1.25 bits per heavy atom. The summed E-state index contributed by atoms with van der Waals surface area (Å²) >= 11 is 0. The fraction of sp³-hybridized carbons (Fsp3) is 0.588. The van der Waals surface area contributed by atoms with Crippen molar-refractivity contribution in [1.29, 1.82) is 0 Å². The Morgan fingerprint density at radius 3 is 2.58 bits per heavy atom. The molecule has 1 aromatic carbocycles. The van der Waals surface area contributed by atoms with Crippen molar-refractivity contribution < 1.29 is 32.2 Å². The molecule has 0 radical (unpaired) electrons. The van der Waals surface area contributed by atoms with Crippen LogP contribution < -0.4 is 4.74 Å². The number of methoxy groups -OCH3 is 1. The summed E-state index contributed by atoms with van der Waals surface area (Å²) in [5.41, 5.74) is -1.44. The number of rotatable bonds is 9. The first-order valence-corrected chi connectivity index (χ1v) is 7.90. The summed E-state index contributed by atoms with van der Waals surface area (Å²) in [5.74, 6) is -0.101. The van der Waals surface area contributed by atoms with Crippen LogP contribution in [0.25, 0.3) is 0 Å². The van der Waals surface area contributed by atoms with Crippen LogP contribution in [0.3, 0.4) is 0 Å². The largest absolute Gasteiger partial charge is 0.494 e. The van der Waals surface area contributed by atoms with Crippen molar-refractivity contribution in [1.82, 2.24) is 0 Å². The highest BCUT2D eigenvalue weighted by Crippen LogP contribution is 2.34. The van der Waals surface area contributed by atoms with Gasteiger partial charge in [-0.15, -0.1) is 0 Å². The van der Waals surface area contributed by atoms with Crippen molar-refractivity contribution in [3.63, 3.8) is 0 Å². The van der Waals surface area contributed by atoms with Crippen molar-refractivity contribution in [2.75, 3.05) is 20.3 Å². The molecule has 0 aliphatic carbocycles. The number of epoxide rings is 1. The molecular weight excluding hydrogens is 325 g/mol. The first-order chi connectivity index (χ1) is 11.4. The second-order valence-corrected chi connectivity index (χ2v) is 5.81. The Bertz CT molecular complexity index is 553. The minimum atomic E-state index is -4.36. The highest BCUT2D eigenvalue weighted by atomic mass is 19.4. The summed E-state index contributed by atoms with van der Waals surface area (Å²) in [4.78, 5) is 11.5. The van der Waals surface area contributed by atoms with E-state index in [-0.39, 0.29) is 11.7 Å². The maximum absolute atomic E-state index is 12.6. The highest BCUT2D eigenvalue weighted by molar-refractivity contribution is 5.82. The zero-order chi connectivity index (χ0) is 17.6. The molecule has 0 saturated carbocycles. The molecule has 0 aromatic heterocycles. The molecule has 1 unspecified atom stereocenters. The van der Waals surface area contributed by atoms with Gasteiger partial charge in [-0.1, -0.05) is 18.9 Å². The molecular formula is C17H21F3O4. The number of carbonyl (C=O) groups excluding carboxylic acids is 1. The zero-order valence-electron chi connectivity index (χ0n) is 13.5. The minimum absolute atomic E-state index is 0.223. The first kappa shape index (κ1) is 18.6. The molecule has 0 bridgehead atoms. The Kier molecular flexibility index (Phi) is 6.10. The lowest BCUT2D eigenvalue weighted by atomic mass is 10.0. The molecule has 0 amide bonds. The van der Waals surface area contributed by atoms with Gasteiger partial charge in [0.15, 0.2) is 5.60 Å². The van der Waals surface area contributed by atoms with Gasteiger partial charge < -0.3 is 14.2 Å². The van der Waals surface area contributed by atoms with Gasteiger partial charge in [0.1, 0.15) is 5.75 Å². The number of hydrogen-bond donors (Lipinski definition) is 0. The fourth-order valence-corrected chi connectivity index (χ4v) is 2.46. The smallest absolute Gasteiger partial charge is 0.416 e. The summed E-state index contributed by atoms with van der Waals surface area (Å²) in [6, 6.07) is 4.87. The Morgan fingerprint density at radius 2 is 1.96 bits per heavy atom. The molecule has 1 atom stereocenters. The van der Waals surface area contributed by atoms with E-state index in [0.29, 0.717) is 19.6 Å². The highest BCUT2D eigenvalue weighted by Gasteiger charge is 2.52. The normalized spacial score (nSPS) is 19.8. The Hall–Kier alpha value is -1.76. The molecule has 1 aromatic rings. The molecule has 0 N–H and O–H groups in total. The van der Waals surface area contributed by atoms with Gasteiger partial charge in [-0.2, -0.15) is 13.2 Å². The van der Waals surface area contributed by atoms with Crippen molar-refractivity contribution in [2.45, 2.75) is 43.9 Å². The van der Waals surface area contributed by atoms with E-state index in [2.05, 4.69) is 0 Å². The fourth-order valence-electron chi connectivity index (χ4n) is 2.46. The van der Waals surface area contributed by atoms with E-state index in [1.807, 2.05) is 0 Å². The lowest BCUT2D eigenvalue weighted by Crippen LogP contribution is -2.25. The minimum Gasteiger partial charge on any atom is -0.494 e. The summed E-state index contributed by atoms with van der Waals surface area (Å²) in [5, 5.41) is 0. The molecule has 1 aliphatic rings. The molecule has 1 aliphatic heterocycles. The summed E-state index contributed by atoms with van der Waals surface area (Å²) in [6.07, 6.45) is -0.390. The quantitative estimate of drug-likeness (QED) is 0.386. The third-order valence-electron chi connectivity index (χ3n) is 3.96. The van der Waals surface area contributed by atoms with Crippen LogP contribution in [-0.4, -0.2) is 31.9 Å². The van der Waals surface area contributed by atoms with Gasteiger partial charge in [0.25, 0.3) is 0 Å². The van der Waals surface area contributed by atoms with Gasteiger partial charge in [-0.3, -0.25) is 0 Å². The number of halogens is 3. The second kappa shape index (κ2) is 7.88. The van der Waals surface area contributed by atoms with Gasteiger partial charge >= 0.3 is 12.1 Å².